The van der Waals surface area contributed by atoms with Crippen molar-refractivity contribution in [2.24, 2.45) is 0 Å². The number of benzene rings is 1. The predicted molar refractivity (Wildman–Crippen MR) is 111 cm³/mol. The number of alkyl halides is 2. The maximum absolute atomic E-state index is 15.8. The van der Waals surface area contributed by atoms with E-state index in [4.69, 9.17) is 4.74 Å². The van der Waals surface area contributed by atoms with Crippen LogP contribution < -0.4 is 30.3 Å². The van der Waals surface area contributed by atoms with Crippen molar-refractivity contribution in [3.05, 3.63) is 83.3 Å². The van der Waals surface area contributed by atoms with Gasteiger partial charge in [-0.1, -0.05) is 0 Å². The van der Waals surface area contributed by atoms with Gasteiger partial charge in [0, 0.05) is 0 Å². The normalized spacial score (nSPS) is 15.3. The summed E-state index contributed by atoms with van der Waals surface area (Å²) >= 11 is -0.849. The Hall–Kier alpha value is -2.93. The molecule has 0 spiro atoms. The van der Waals surface area contributed by atoms with E-state index in [0.717, 1.165) is 0 Å². The number of ether oxygens (including phenoxy) is 1. The summed E-state index contributed by atoms with van der Waals surface area (Å²) in [6, 6.07) is 13.6. The fourth-order valence-electron chi connectivity index (χ4n) is 4.25. The van der Waals surface area contributed by atoms with E-state index in [2.05, 4.69) is 0 Å². The molecule has 0 atom stereocenters. The molecule has 2 aromatic heterocycles. The molecule has 3 heterocycles. The van der Waals surface area contributed by atoms with Crippen molar-refractivity contribution in [2.75, 3.05) is 4.61 Å². The first-order valence-corrected chi connectivity index (χ1v) is 13.2. The zero-order valence-corrected chi connectivity index (χ0v) is 20.5. The molecule has 33 heavy (non-hydrogen) atoms. The Kier molecular flexibility index (Phi) is 6.70. The van der Waals surface area contributed by atoms with E-state index in [0.29, 0.717) is 29.8 Å². The molecule has 0 radical (unpaired) electrons. The van der Waals surface area contributed by atoms with Crippen LogP contribution in [0.3, 0.4) is 0 Å². The monoisotopic (exact) mass is 562 g/mol. The summed E-state index contributed by atoms with van der Waals surface area (Å²) in [5.74, 6) is -2.14. The zero-order valence-electron chi connectivity index (χ0n) is 18.3. The number of nitrogens with zero attached hydrogens (tertiary/aromatic N) is 3. The van der Waals surface area contributed by atoms with Gasteiger partial charge in [-0.05, 0) is 0 Å². The fourth-order valence-corrected chi connectivity index (χ4v) is 7.20. The quantitative estimate of drug-likeness (QED) is 0.201. The van der Waals surface area contributed by atoms with Gasteiger partial charge in [-0.25, -0.2) is 0 Å². The van der Waals surface area contributed by atoms with Crippen molar-refractivity contribution in [2.45, 2.75) is 36.8 Å². The topological polar surface area (TPSA) is 57.9 Å². The molecule has 170 valence electrons. The molecule has 1 aliphatic rings. The van der Waals surface area contributed by atoms with Crippen LogP contribution in [0.5, 0.6) is 0 Å². The number of nitriles is 1. The van der Waals surface area contributed by atoms with Crippen LogP contribution in [0.25, 0.3) is 11.3 Å². The van der Waals surface area contributed by atoms with Gasteiger partial charge in [-0.15, -0.1) is 0 Å². The van der Waals surface area contributed by atoms with Gasteiger partial charge in [0.2, 0.25) is 0 Å². The molecule has 0 bridgehead atoms. The van der Waals surface area contributed by atoms with Crippen molar-refractivity contribution in [1.82, 2.24) is 0 Å². The number of pyridine rings is 2. The van der Waals surface area contributed by atoms with Crippen LogP contribution >= 0.6 is 0 Å². The molecular formula is C25H23F2IN3O2+. The van der Waals surface area contributed by atoms with Gasteiger partial charge in [0.1, 0.15) is 0 Å². The first-order valence-electron chi connectivity index (χ1n) is 10.6. The van der Waals surface area contributed by atoms with E-state index < -0.39 is 47.8 Å². The Bertz CT molecular complexity index is 1270. The fraction of sp³-hybridized carbons (Fsp3) is 0.280. The predicted octanol–water partition coefficient (Wildman–Crippen LogP) is 0.816. The molecule has 5 nitrogen and oxygen atoms in total. The van der Waals surface area contributed by atoms with Crippen molar-refractivity contribution >= 4 is 5.97 Å². The molecule has 0 fully saturated rings. The van der Waals surface area contributed by atoms with Crippen molar-refractivity contribution in [1.29, 1.82) is 5.26 Å². The molecular weight excluding hydrogens is 539 g/mol. The number of aromatic nitrogens is 2. The first-order chi connectivity index (χ1) is 16.0. The van der Waals surface area contributed by atoms with E-state index in [1.165, 1.54) is 6.07 Å². The van der Waals surface area contributed by atoms with Crippen molar-refractivity contribution < 1.29 is 48.7 Å². The molecule has 1 aromatic carbocycles. The average molecular weight is 562 g/mol. The van der Waals surface area contributed by atoms with Gasteiger partial charge >= 0.3 is 202 Å². The maximum atomic E-state index is 15.8. The van der Waals surface area contributed by atoms with Gasteiger partial charge < -0.3 is 0 Å². The average Bonchev–Trinajstić information content (AvgIpc) is 2.82. The molecule has 0 aliphatic carbocycles. The molecule has 0 amide bonds. The number of halogens is 3. The Labute approximate surface area is 201 Å². The minimum atomic E-state index is -0.865. The standard InChI is InChI=1S/C25H23F2IN3O2/c1-3-25(4-2)18-13-19(26)17(14-29)23(27)22(18)20-9-5-7-11-30(20)16-31-12-8-6-10-21(31)24(32)33-15-28-25/h5-13H,3-4,15-16H2,1-2H3/q+1. The molecule has 1 aliphatic heterocycles. The Balaban J connectivity index is 2.09. The summed E-state index contributed by atoms with van der Waals surface area (Å²) in [5, 5.41) is 9.47. The third-order valence-corrected chi connectivity index (χ3v) is 10.3. The number of carbonyl (C=O) groups excluding carboxylic acids is 1. The number of rotatable bonds is 2. The SMILES string of the molecule is CCC1(CC)[I-]COC(=O)c2cccc[n+]2C[n+]2ccccc2-c2c1cc(F)c(C#N)c2F. The molecule has 8 heteroatoms. The second-order valence-electron chi connectivity index (χ2n) is 7.68. The van der Waals surface area contributed by atoms with Crippen molar-refractivity contribution in [3.8, 4) is 17.3 Å². The summed E-state index contributed by atoms with van der Waals surface area (Å²) in [7, 11) is 0. The van der Waals surface area contributed by atoms with Crippen molar-refractivity contribution in [3.63, 3.8) is 0 Å². The summed E-state index contributed by atoms with van der Waals surface area (Å²) in [6.45, 7) is 4.18. The minimum absolute atomic E-state index is 0.208. The summed E-state index contributed by atoms with van der Waals surface area (Å²) in [6.07, 6.45) is 4.80. The molecule has 3 aromatic rings. The first kappa shape index (κ1) is 23.2. The van der Waals surface area contributed by atoms with E-state index in [-0.39, 0.29) is 16.8 Å². The summed E-state index contributed by atoms with van der Waals surface area (Å²) in [4.78, 5) is 12.9. The number of carbonyl (C=O) groups is 1. The van der Waals surface area contributed by atoms with Crippen LogP contribution in [0.15, 0.2) is 54.9 Å². The van der Waals surface area contributed by atoms with Gasteiger partial charge in [-0.3, -0.25) is 0 Å². The number of esters is 1. The van der Waals surface area contributed by atoms with Crippen LogP contribution in [0.1, 0.15) is 48.3 Å². The van der Waals surface area contributed by atoms with Crippen LogP contribution in [0.2, 0.25) is 0 Å². The van der Waals surface area contributed by atoms with E-state index in [1.807, 2.05) is 19.9 Å². The Morgan fingerprint density at radius 2 is 1.73 bits per heavy atom. The number of cyclic esters (lactones) is 1. The van der Waals surface area contributed by atoms with E-state index in [9.17, 15) is 14.4 Å². The third kappa shape index (κ3) is 4.10. The van der Waals surface area contributed by atoms with Gasteiger partial charge in [0.05, 0.1) is 0 Å². The molecule has 4 rings (SSSR count). The second-order valence-corrected chi connectivity index (χ2v) is 11.1. The van der Waals surface area contributed by atoms with Crippen LogP contribution in [0, 0.1) is 23.0 Å². The van der Waals surface area contributed by atoms with Gasteiger partial charge in [0.15, 0.2) is 0 Å². The third-order valence-electron chi connectivity index (χ3n) is 6.08. The van der Waals surface area contributed by atoms with Crippen LogP contribution in [-0.2, 0) is 14.8 Å². The second kappa shape index (κ2) is 9.51. The van der Waals surface area contributed by atoms with Gasteiger partial charge in [0.25, 0.3) is 0 Å². The Morgan fingerprint density at radius 3 is 2.36 bits per heavy atom. The van der Waals surface area contributed by atoms with E-state index >= 15 is 4.39 Å². The molecule has 0 saturated heterocycles. The molecule has 0 N–H and O–H groups in total. The van der Waals surface area contributed by atoms with Crippen LogP contribution in [0.4, 0.5) is 8.78 Å². The van der Waals surface area contributed by atoms with Crippen LogP contribution in [-0.4, -0.2) is 10.6 Å². The Morgan fingerprint density at radius 1 is 1.09 bits per heavy atom. The number of hydrogen-bond acceptors (Lipinski definition) is 3. The molecule has 0 unspecified atom stereocenters. The zero-order chi connectivity index (χ0) is 23.6. The summed E-state index contributed by atoms with van der Waals surface area (Å²) in [5.41, 5.74) is 1.09. The van der Waals surface area contributed by atoms with Gasteiger partial charge in [-0.2, -0.15) is 0 Å². The number of fused-ring (bicyclic) bond motifs is 4. The summed E-state index contributed by atoms with van der Waals surface area (Å²) < 4.78 is 39.6. The van der Waals surface area contributed by atoms with E-state index in [1.54, 1.807) is 57.9 Å². The number of hydrogen-bond donors (Lipinski definition) is 0. The molecule has 0 saturated carbocycles.